The van der Waals surface area contributed by atoms with E-state index < -0.39 is 0 Å². The maximum absolute atomic E-state index is 2.57. The highest BCUT2D eigenvalue weighted by atomic mass is 32.1. The van der Waals surface area contributed by atoms with Crippen LogP contribution in [0, 0.1) is 0 Å². The molecule has 26 heavy (non-hydrogen) atoms. The Labute approximate surface area is 164 Å². The highest BCUT2D eigenvalue weighted by molar-refractivity contribution is 7.62. The van der Waals surface area contributed by atoms with Crippen molar-refractivity contribution in [3.63, 3.8) is 0 Å². The third-order valence-electron chi connectivity index (χ3n) is 6.06. The molecule has 2 aliphatic rings. The van der Waals surface area contributed by atoms with Crippen LogP contribution >= 0.6 is 38.5 Å². The third-order valence-corrected chi connectivity index (χ3v) is 13.9. The summed E-state index contributed by atoms with van der Waals surface area (Å²) in [6.07, 6.45) is 2.67. The van der Waals surface area contributed by atoms with Gasteiger partial charge in [-0.1, -0.05) is 52.2 Å². The van der Waals surface area contributed by atoms with Gasteiger partial charge in [-0.3, -0.25) is 0 Å². The van der Waals surface area contributed by atoms with Crippen LogP contribution < -0.4 is 0 Å². The van der Waals surface area contributed by atoms with Gasteiger partial charge in [0.2, 0.25) is 0 Å². The van der Waals surface area contributed by atoms with Crippen LogP contribution in [0.1, 0.15) is 32.2 Å². The predicted octanol–water partition coefficient (Wildman–Crippen LogP) is 8.15. The number of hydrogen-bond acceptors (Lipinski definition) is 2. The molecule has 2 aromatic carbocycles. The Kier molecular flexibility index (Phi) is 3.65. The fraction of sp³-hybridized carbons (Fsp3) is 0.273. The molecule has 4 aromatic rings. The van der Waals surface area contributed by atoms with Gasteiger partial charge in [0, 0.05) is 30.5 Å². The van der Waals surface area contributed by atoms with Gasteiger partial charge in [0.25, 0.3) is 0 Å². The lowest BCUT2D eigenvalue weighted by Crippen LogP contribution is -2.00. The van der Waals surface area contributed by atoms with E-state index in [0.29, 0.717) is 0 Å². The minimum atomic E-state index is 0.0504. The molecule has 0 amide bonds. The molecule has 0 bridgehead atoms. The number of rotatable bonds is 1. The van der Waals surface area contributed by atoms with Crippen molar-refractivity contribution in [2.75, 3.05) is 13.3 Å². The van der Waals surface area contributed by atoms with Crippen LogP contribution in [-0.4, -0.2) is 13.3 Å². The quantitative estimate of drug-likeness (QED) is 0.278. The minimum Gasteiger partial charge on any atom is -0.139 e. The summed E-state index contributed by atoms with van der Waals surface area (Å²) >= 11 is 4.20. The number of thiophene rings is 2. The van der Waals surface area contributed by atoms with E-state index in [4.69, 9.17) is 0 Å². The standard InChI is InChI=1S/C22H20P2S2/c1-23-11-15-13-7-3-5-9-17(13)25-21(15)19(23)20-22-16(12-24(20)2)14-8-4-6-10-18(14)26-22/h3-10,19-20H,11-12H2,1-2H3/t19-,20-,23+,24+/m0/s1. The summed E-state index contributed by atoms with van der Waals surface area (Å²) in [5, 5.41) is 3.08. The van der Waals surface area contributed by atoms with E-state index >= 15 is 0 Å². The molecule has 2 aromatic heterocycles. The Morgan fingerprint density at radius 1 is 0.692 bits per heavy atom. The van der Waals surface area contributed by atoms with E-state index in [2.05, 4.69) is 84.5 Å². The first kappa shape index (κ1) is 16.2. The lowest BCUT2D eigenvalue weighted by molar-refractivity contribution is 0.938. The van der Waals surface area contributed by atoms with Gasteiger partial charge in [-0.25, -0.2) is 0 Å². The molecular weight excluding hydrogens is 390 g/mol. The zero-order valence-corrected chi connectivity index (χ0v) is 18.3. The molecule has 4 atom stereocenters. The summed E-state index contributed by atoms with van der Waals surface area (Å²) in [6, 6.07) is 18.2. The molecule has 0 N–H and O–H groups in total. The molecule has 4 heteroatoms. The number of hydrogen-bond donors (Lipinski definition) is 0. The maximum Gasteiger partial charge on any atom is 0.0348 e. The summed E-state index contributed by atoms with van der Waals surface area (Å²) in [5.74, 6) is 0. The first-order valence-corrected chi connectivity index (χ1v) is 14.9. The van der Waals surface area contributed by atoms with E-state index in [1.165, 1.54) is 21.7 Å². The highest BCUT2D eigenvalue weighted by Gasteiger charge is 2.45. The van der Waals surface area contributed by atoms with Crippen molar-refractivity contribution in [1.29, 1.82) is 0 Å². The van der Waals surface area contributed by atoms with E-state index in [1.807, 2.05) is 0 Å². The Morgan fingerprint density at radius 3 is 1.58 bits per heavy atom. The third kappa shape index (κ3) is 2.14. The Bertz CT molecular complexity index is 1060. The van der Waals surface area contributed by atoms with Crippen molar-refractivity contribution < 1.29 is 0 Å². The molecule has 0 aliphatic carbocycles. The van der Waals surface area contributed by atoms with Crippen LogP contribution in [0.4, 0.5) is 0 Å². The van der Waals surface area contributed by atoms with E-state index in [9.17, 15) is 0 Å². The van der Waals surface area contributed by atoms with Gasteiger partial charge in [-0.15, -0.1) is 22.7 Å². The van der Waals surface area contributed by atoms with Crippen molar-refractivity contribution in [3.05, 3.63) is 69.4 Å². The lowest BCUT2D eigenvalue weighted by Gasteiger charge is -2.27. The molecule has 0 unspecified atom stereocenters. The molecule has 2 aliphatic heterocycles. The van der Waals surface area contributed by atoms with Crippen molar-refractivity contribution in [2.24, 2.45) is 0 Å². The van der Waals surface area contributed by atoms with Crippen molar-refractivity contribution in [2.45, 2.75) is 23.6 Å². The molecule has 4 heterocycles. The molecular formula is C22H20P2S2. The number of fused-ring (bicyclic) bond motifs is 6. The summed E-state index contributed by atoms with van der Waals surface area (Å²) in [6.45, 7) is 5.13. The van der Waals surface area contributed by atoms with Crippen LogP contribution in [0.3, 0.4) is 0 Å². The molecule has 0 radical (unpaired) electrons. The highest BCUT2D eigenvalue weighted by Crippen LogP contribution is 2.76. The Hall–Kier alpha value is -0.780. The molecule has 6 rings (SSSR count). The van der Waals surface area contributed by atoms with Crippen LogP contribution in [0.5, 0.6) is 0 Å². The molecule has 130 valence electrons. The lowest BCUT2D eigenvalue weighted by atomic mass is 10.1. The SMILES string of the molecule is C[P@]1Cc2c(sc3ccccc23)[C@@H]1[C@H]1c2sc3ccccc3c2C[P@@]1C. The summed E-state index contributed by atoms with van der Waals surface area (Å²) in [7, 11) is 0.101. The molecule has 0 saturated heterocycles. The minimum absolute atomic E-state index is 0.0504. The van der Waals surface area contributed by atoms with Crippen molar-refractivity contribution in [3.8, 4) is 0 Å². The summed E-state index contributed by atoms with van der Waals surface area (Å²) < 4.78 is 3.00. The molecule has 0 fully saturated rings. The number of benzene rings is 2. The van der Waals surface area contributed by atoms with Gasteiger partial charge < -0.3 is 0 Å². The zero-order chi connectivity index (χ0) is 17.4. The zero-order valence-electron chi connectivity index (χ0n) is 14.9. The van der Waals surface area contributed by atoms with Gasteiger partial charge in [-0.05, 0) is 59.7 Å². The van der Waals surface area contributed by atoms with Crippen molar-refractivity contribution >= 4 is 58.7 Å². The summed E-state index contributed by atoms with van der Waals surface area (Å²) in [4.78, 5) is 3.48. The first-order chi connectivity index (χ1) is 12.7. The smallest absolute Gasteiger partial charge is 0.0348 e. The van der Waals surface area contributed by atoms with Crippen LogP contribution in [-0.2, 0) is 12.3 Å². The second-order valence-electron chi connectivity index (χ2n) is 7.60. The second-order valence-corrected chi connectivity index (χ2v) is 14.5. The van der Waals surface area contributed by atoms with E-state index in [-0.39, 0.29) is 15.8 Å². The second kappa shape index (κ2) is 5.86. The van der Waals surface area contributed by atoms with E-state index in [0.717, 1.165) is 11.3 Å². The first-order valence-electron chi connectivity index (χ1n) is 9.13. The van der Waals surface area contributed by atoms with Crippen LogP contribution in [0.2, 0.25) is 0 Å². The molecule has 0 spiro atoms. The predicted molar refractivity (Wildman–Crippen MR) is 122 cm³/mol. The topological polar surface area (TPSA) is 0 Å². The molecule has 0 saturated carbocycles. The average Bonchev–Trinajstić information content (AvgIpc) is 3.34. The fourth-order valence-electron chi connectivity index (χ4n) is 4.90. The van der Waals surface area contributed by atoms with Gasteiger partial charge in [0.1, 0.15) is 0 Å². The van der Waals surface area contributed by atoms with Crippen molar-refractivity contribution in [1.82, 2.24) is 0 Å². The largest absolute Gasteiger partial charge is 0.139 e. The van der Waals surface area contributed by atoms with Gasteiger partial charge in [0.15, 0.2) is 0 Å². The van der Waals surface area contributed by atoms with Crippen LogP contribution in [0.25, 0.3) is 20.2 Å². The van der Waals surface area contributed by atoms with Gasteiger partial charge in [-0.2, -0.15) is 0 Å². The summed E-state index contributed by atoms with van der Waals surface area (Å²) in [5.41, 5.74) is 4.98. The fourth-order valence-corrected chi connectivity index (χ4v) is 15.0. The Morgan fingerprint density at radius 2 is 1.12 bits per heavy atom. The van der Waals surface area contributed by atoms with E-state index in [1.54, 1.807) is 31.7 Å². The maximum atomic E-state index is 2.57. The van der Waals surface area contributed by atoms with Gasteiger partial charge >= 0.3 is 0 Å². The monoisotopic (exact) mass is 410 g/mol. The van der Waals surface area contributed by atoms with Gasteiger partial charge in [0.05, 0.1) is 0 Å². The molecule has 0 nitrogen and oxygen atoms in total. The normalized spacial score (nSPS) is 27.3. The Balaban J connectivity index is 1.54. The van der Waals surface area contributed by atoms with Crippen LogP contribution in [0.15, 0.2) is 48.5 Å². The average molecular weight is 410 g/mol.